The summed E-state index contributed by atoms with van der Waals surface area (Å²) in [5.74, 6) is -0.201. The molecule has 2 fully saturated rings. The van der Waals surface area contributed by atoms with Crippen molar-refractivity contribution in [3.05, 3.63) is 29.5 Å². The Bertz CT molecular complexity index is 680. The summed E-state index contributed by atoms with van der Waals surface area (Å²) >= 11 is 5.46. The van der Waals surface area contributed by atoms with Crippen LogP contribution in [0, 0.1) is 0 Å². The van der Waals surface area contributed by atoms with Gasteiger partial charge in [-0.15, -0.1) is 0 Å². The van der Waals surface area contributed by atoms with Gasteiger partial charge in [-0.3, -0.25) is 9.69 Å². The normalized spacial score (nSPS) is 21.5. The average molecular weight is 332 g/mol. The van der Waals surface area contributed by atoms with Gasteiger partial charge in [-0.05, 0) is 43.3 Å². The molecule has 0 radical (unpaired) electrons. The first-order valence-electron chi connectivity index (χ1n) is 7.84. The fraction of sp³-hybridized carbons (Fsp3) is 0.412. The molecule has 1 saturated heterocycles. The molecule has 23 heavy (non-hydrogen) atoms. The maximum absolute atomic E-state index is 12.8. The first-order chi connectivity index (χ1) is 11.0. The minimum atomic E-state index is -0.114. The number of hydrogen-bond donors (Lipinski definition) is 2. The molecule has 2 N–H and O–H groups in total. The Labute approximate surface area is 140 Å². The molecular formula is C17H20N2O3S. The molecule has 0 bridgehead atoms. The highest BCUT2D eigenvalue weighted by molar-refractivity contribution is 7.80. The second-order valence-electron chi connectivity index (χ2n) is 6.08. The van der Waals surface area contributed by atoms with Gasteiger partial charge < -0.3 is 15.1 Å². The average Bonchev–Trinajstić information content (AvgIpc) is 2.74. The van der Waals surface area contributed by atoms with Gasteiger partial charge >= 0.3 is 0 Å². The van der Waals surface area contributed by atoms with Crippen LogP contribution in [0.3, 0.4) is 0 Å². The Morgan fingerprint density at radius 1 is 1.22 bits per heavy atom. The minimum absolute atomic E-state index is 0.0184. The standard InChI is InChI=1S/C17H20N2O3S/c1-18-14(9-11-7-8-13(20)10-15(11)21)16(22)19(17(18)23)12-5-3-2-4-6-12/h7-10,12,20-21H,2-6H2,1H3/b14-9+. The van der Waals surface area contributed by atoms with Crippen molar-refractivity contribution in [3.63, 3.8) is 0 Å². The van der Waals surface area contributed by atoms with Crippen LogP contribution in [0.4, 0.5) is 0 Å². The lowest BCUT2D eigenvalue weighted by atomic mass is 9.94. The molecule has 1 amide bonds. The van der Waals surface area contributed by atoms with E-state index >= 15 is 0 Å². The smallest absolute Gasteiger partial charge is 0.277 e. The molecule has 0 atom stereocenters. The van der Waals surface area contributed by atoms with E-state index in [4.69, 9.17) is 12.2 Å². The quantitative estimate of drug-likeness (QED) is 0.644. The van der Waals surface area contributed by atoms with Crippen molar-refractivity contribution >= 4 is 29.3 Å². The Morgan fingerprint density at radius 2 is 1.91 bits per heavy atom. The molecule has 1 aromatic carbocycles. The van der Waals surface area contributed by atoms with Crippen molar-refractivity contribution in [3.8, 4) is 11.5 Å². The van der Waals surface area contributed by atoms with Crippen LogP contribution in [0.1, 0.15) is 37.7 Å². The number of aromatic hydroxyl groups is 2. The molecule has 3 rings (SSSR count). The molecule has 0 aromatic heterocycles. The number of likely N-dealkylation sites (N-methyl/N-ethyl adjacent to an activating group) is 1. The summed E-state index contributed by atoms with van der Waals surface area (Å²) in [4.78, 5) is 16.2. The predicted molar refractivity (Wildman–Crippen MR) is 91.8 cm³/mol. The lowest BCUT2D eigenvalue weighted by molar-refractivity contribution is -0.124. The second kappa shape index (κ2) is 6.20. The van der Waals surface area contributed by atoms with E-state index in [1.807, 2.05) is 0 Å². The molecular weight excluding hydrogens is 312 g/mol. The van der Waals surface area contributed by atoms with Crippen LogP contribution in [-0.4, -0.2) is 44.1 Å². The molecule has 1 aromatic rings. The Morgan fingerprint density at radius 3 is 2.57 bits per heavy atom. The fourth-order valence-corrected chi connectivity index (χ4v) is 3.57. The number of amides is 1. The third-order valence-corrected chi connectivity index (χ3v) is 5.01. The van der Waals surface area contributed by atoms with Gasteiger partial charge in [-0.1, -0.05) is 19.3 Å². The Hall–Kier alpha value is -2.08. The van der Waals surface area contributed by atoms with Crippen LogP contribution >= 0.6 is 12.2 Å². The lowest BCUT2D eigenvalue weighted by Crippen LogP contribution is -2.41. The highest BCUT2D eigenvalue weighted by atomic mass is 32.1. The third-order valence-electron chi connectivity index (χ3n) is 4.54. The summed E-state index contributed by atoms with van der Waals surface area (Å²) in [5, 5.41) is 19.8. The number of carbonyl (C=O) groups is 1. The van der Waals surface area contributed by atoms with Gasteiger partial charge in [0.1, 0.15) is 17.2 Å². The molecule has 1 aliphatic carbocycles. The number of rotatable bonds is 2. The Balaban J connectivity index is 1.92. The van der Waals surface area contributed by atoms with Crippen molar-refractivity contribution in [1.82, 2.24) is 9.80 Å². The van der Waals surface area contributed by atoms with E-state index < -0.39 is 0 Å². The van der Waals surface area contributed by atoms with Crippen LogP contribution in [0.25, 0.3) is 6.08 Å². The maximum atomic E-state index is 12.8. The molecule has 1 aliphatic heterocycles. The van der Waals surface area contributed by atoms with E-state index in [1.54, 1.807) is 29.0 Å². The predicted octanol–water partition coefficient (Wildman–Crippen LogP) is 2.83. The van der Waals surface area contributed by atoms with Gasteiger partial charge in [0, 0.05) is 24.7 Å². The maximum Gasteiger partial charge on any atom is 0.277 e. The topological polar surface area (TPSA) is 64.0 Å². The van der Waals surface area contributed by atoms with Crippen molar-refractivity contribution in [2.24, 2.45) is 0 Å². The summed E-state index contributed by atoms with van der Waals surface area (Å²) in [6.45, 7) is 0. The largest absolute Gasteiger partial charge is 0.508 e. The third kappa shape index (κ3) is 2.91. The van der Waals surface area contributed by atoms with Gasteiger partial charge in [0.25, 0.3) is 5.91 Å². The van der Waals surface area contributed by atoms with E-state index in [0.717, 1.165) is 25.7 Å². The van der Waals surface area contributed by atoms with E-state index in [0.29, 0.717) is 16.4 Å². The molecule has 0 spiro atoms. The molecule has 0 unspecified atom stereocenters. The summed E-state index contributed by atoms with van der Waals surface area (Å²) in [7, 11) is 1.77. The van der Waals surface area contributed by atoms with E-state index in [-0.39, 0.29) is 23.4 Å². The highest BCUT2D eigenvalue weighted by Crippen LogP contribution is 2.32. The number of thiocarbonyl (C=S) groups is 1. The summed E-state index contributed by atoms with van der Waals surface area (Å²) in [5.41, 5.74) is 0.924. The van der Waals surface area contributed by atoms with E-state index in [1.165, 1.54) is 18.6 Å². The summed E-state index contributed by atoms with van der Waals surface area (Å²) in [6, 6.07) is 4.47. The molecule has 1 saturated carbocycles. The number of benzene rings is 1. The van der Waals surface area contributed by atoms with Crippen molar-refractivity contribution < 1.29 is 15.0 Å². The zero-order valence-electron chi connectivity index (χ0n) is 13.0. The SMILES string of the molecule is CN1C(=S)N(C2CCCCC2)C(=O)/C1=C\c1ccc(O)cc1O. The van der Waals surface area contributed by atoms with Crippen LogP contribution in [0.2, 0.25) is 0 Å². The number of carbonyl (C=O) groups excluding carboxylic acids is 1. The van der Waals surface area contributed by atoms with Crippen LogP contribution in [0.5, 0.6) is 11.5 Å². The van der Waals surface area contributed by atoms with Gasteiger partial charge in [0.2, 0.25) is 0 Å². The summed E-state index contributed by atoms with van der Waals surface area (Å²) in [6.07, 6.45) is 7.05. The van der Waals surface area contributed by atoms with Crippen LogP contribution < -0.4 is 0 Å². The van der Waals surface area contributed by atoms with Crippen molar-refractivity contribution in [2.45, 2.75) is 38.1 Å². The van der Waals surface area contributed by atoms with Gasteiger partial charge in [-0.2, -0.15) is 0 Å². The fourth-order valence-electron chi connectivity index (χ4n) is 3.24. The van der Waals surface area contributed by atoms with Crippen LogP contribution in [-0.2, 0) is 4.79 Å². The first kappa shape index (κ1) is 15.8. The molecule has 122 valence electrons. The minimum Gasteiger partial charge on any atom is -0.508 e. The zero-order valence-corrected chi connectivity index (χ0v) is 13.8. The zero-order chi connectivity index (χ0) is 16.6. The number of phenols is 2. The van der Waals surface area contributed by atoms with Crippen molar-refractivity contribution in [1.29, 1.82) is 0 Å². The number of hydrogen-bond acceptors (Lipinski definition) is 4. The molecule has 5 nitrogen and oxygen atoms in total. The Kier molecular flexibility index (Phi) is 4.26. The number of nitrogens with zero attached hydrogens (tertiary/aromatic N) is 2. The van der Waals surface area contributed by atoms with Gasteiger partial charge in [0.15, 0.2) is 5.11 Å². The van der Waals surface area contributed by atoms with Crippen LogP contribution in [0.15, 0.2) is 23.9 Å². The monoisotopic (exact) mass is 332 g/mol. The van der Waals surface area contributed by atoms with Crippen molar-refractivity contribution in [2.75, 3.05) is 7.05 Å². The number of phenolic OH excluding ortho intramolecular Hbond substituents is 2. The summed E-state index contributed by atoms with van der Waals surface area (Å²) < 4.78 is 0. The second-order valence-corrected chi connectivity index (χ2v) is 6.45. The molecule has 6 heteroatoms. The van der Waals surface area contributed by atoms with E-state index in [9.17, 15) is 15.0 Å². The van der Waals surface area contributed by atoms with Gasteiger partial charge in [0.05, 0.1) is 0 Å². The highest BCUT2D eigenvalue weighted by Gasteiger charge is 2.40. The molecule has 2 aliphatic rings. The van der Waals surface area contributed by atoms with Gasteiger partial charge in [-0.25, -0.2) is 0 Å². The van der Waals surface area contributed by atoms with E-state index in [2.05, 4.69) is 0 Å². The molecule has 1 heterocycles. The first-order valence-corrected chi connectivity index (χ1v) is 8.25. The lowest BCUT2D eigenvalue weighted by Gasteiger charge is -2.30.